The van der Waals surface area contributed by atoms with Crippen LogP contribution in [0.2, 0.25) is 0 Å². The van der Waals surface area contributed by atoms with E-state index in [0.29, 0.717) is 37.8 Å². The Morgan fingerprint density at radius 3 is 2.39 bits per heavy atom. The van der Waals surface area contributed by atoms with Gasteiger partial charge in [-0.25, -0.2) is 8.42 Å². The molecule has 0 bridgehead atoms. The Morgan fingerprint density at radius 2 is 1.76 bits per heavy atom. The summed E-state index contributed by atoms with van der Waals surface area (Å²) in [6.07, 6.45) is 0.984. The summed E-state index contributed by atoms with van der Waals surface area (Å²) in [5.41, 5.74) is 1.24. The second kappa shape index (κ2) is 9.48. The molecule has 2 aromatic carbocycles. The minimum atomic E-state index is -3.45. The average molecular weight is 487 g/mol. The average Bonchev–Trinajstić information content (AvgIpc) is 3.29. The SMILES string of the molecule is CC(C)Oc1ccc(S(C)(=O)=O)cc1C(=O)N1CCN(c2nc(-c3ccccc3)ns2)CC1. The monoisotopic (exact) mass is 486 g/mol. The van der Waals surface area contributed by atoms with Crippen LogP contribution in [-0.4, -0.2) is 67.1 Å². The maximum Gasteiger partial charge on any atom is 0.257 e. The highest BCUT2D eigenvalue weighted by Gasteiger charge is 2.27. The topological polar surface area (TPSA) is 92.7 Å². The van der Waals surface area contributed by atoms with Crippen molar-refractivity contribution in [3.8, 4) is 17.1 Å². The highest BCUT2D eigenvalue weighted by atomic mass is 32.2. The van der Waals surface area contributed by atoms with Crippen LogP contribution in [0.3, 0.4) is 0 Å². The van der Waals surface area contributed by atoms with Crippen LogP contribution in [0.15, 0.2) is 53.4 Å². The lowest BCUT2D eigenvalue weighted by atomic mass is 10.1. The number of anilines is 1. The van der Waals surface area contributed by atoms with Crippen molar-refractivity contribution in [2.24, 2.45) is 0 Å². The summed E-state index contributed by atoms with van der Waals surface area (Å²) >= 11 is 1.35. The van der Waals surface area contributed by atoms with Crippen LogP contribution in [0.4, 0.5) is 5.13 Å². The number of carbonyl (C=O) groups excluding carboxylic acids is 1. The van der Waals surface area contributed by atoms with E-state index in [-0.39, 0.29) is 22.5 Å². The van der Waals surface area contributed by atoms with Crippen molar-refractivity contribution in [1.82, 2.24) is 14.3 Å². The minimum Gasteiger partial charge on any atom is -0.490 e. The standard InChI is InChI=1S/C23H26N4O4S2/c1-16(2)31-20-10-9-18(33(3,29)30)15-19(20)22(28)26-11-13-27(14-12-26)23-24-21(25-32-23)17-7-5-4-6-8-17/h4-10,15-16H,11-14H2,1-3H3. The van der Waals surface area contributed by atoms with Crippen LogP contribution >= 0.6 is 11.5 Å². The molecule has 174 valence electrons. The Morgan fingerprint density at radius 1 is 1.06 bits per heavy atom. The number of benzene rings is 2. The fourth-order valence-corrected chi connectivity index (χ4v) is 4.97. The molecule has 0 N–H and O–H groups in total. The number of sulfone groups is 1. The van der Waals surface area contributed by atoms with Gasteiger partial charge >= 0.3 is 0 Å². The number of aromatic nitrogens is 2. The van der Waals surface area contributed by atoms with Gasteiger partial charge in [0, 0.05) is 49.5 Å². The van der Waals surface area contributed by atoms with Gasteiger partial charge in [0.2, 0.25) is 5.13 Å². The molecule has 10 heteroatoms. The van der Waals surface area contributed by atoms with Crippen molar-refractivity contribution >= 4 is 32.4 Å². The van der Waals surface area contributed by atoms with E-state index in [2.05, 4.69) is 14.3 Å². The first-order chi connectivity index (χ1) is 15.7. The van der Waals surface area contributed by atoms with Crippen LogP contribution in [0, 0.1) is 0 Å². The Hall–Kier alpha value is -2.98. The molecular formula is C23H26N4O4S2. The van der Waals surface area contributed by atoms with Gasteiger partial charge in [-0.2, -0.15) is 9.36 Å². The molecule has 0 aliphatic carbocycles. The first kappa shape index (κ1) is 23.2. The summed E-state index contributed by atoms with van der Waals surface area (Å²) in [5.74, 6) is 0.849. The van der Waals surface area contributed by atoms with Crippen molar-refractivity contribution in [2.45, 2.75) is 24.8 Å². The Labute approximate surface area is 197 Å². The second-order valence-electron chi connectivity index (χ2n) is 8.14. The van der Waals surface area contributed by atoms with Crippen molar-refractivity contribution in [3.05, 3.63) is 54.1 Å². The van der Waals surface area contributed by atoms with Gasteiger partial charge in [0.05, 0.1) is 16.6 Å². The molecule has 0 atom stereocenters. The van der Waals surface area contributed by atoms with Crippen LogP contribution < -0.4 is 9.64 Å². The van der Waals surface area contributed by atoms with Crippen LogP contribution in [0.25, 0.3) is 11.4 Å². The zero-order valence-corrected chi connectivity index (χ0v) is 20.4. The summed E-state index contributed by atoms with van der Waals surface area (Å²) < 4.78 is 34.3. The van der Waals surface area contributed by atoms with Gasteiger partial charge in [-0.1, -0.05) is 30.3 Å². The molecule has 0 saturated carbocycles. The van der Waals surface area contributed by atoms with Crippen molar-refractivity contribution in [1.29, 1.82) is 0 Å². The molecule has 8 nitrogen and oxygen atoms in total. The normalized spacial score (nSPS) is 14.5. The van der Waals surface area contributed by atoms with E-state index in [1.54, 1.807) is 11.0 Å². The van der Waals surface area contributed by atoms with Crippen LogP contribution in [0.5, 0.6) is 5.75 Å². The van der Waals surface area contributed by atoms with E-state index >= 15 is 0 Å². The van der Waals surface area contributed by atoms with Crippen molar-refractivity contribution in [2.75, 3.05) is 37.3 Å². The molecule has 1 aromatic heterocycles. The lowest BCUT2D eigenvalue weighted by Gasteiger charge is -2.34. The highest BCUT2D eigenvalue weighted by molar-refractivity contribution is 7.90. The van der Waals surface area contributed by atoms with Crippen LogP contribution in [-0.2, 0) is 9.84 Å². The summed E-state index contributed by atoms with van der Waals surface area (Å²) in [5, 5.41) is 0.823. The molecule has 4 rings (SSSR count). The number of amides is 1. The molecular weight excluding hydrogens is 460 g/mol. The molecule has 0 spiro atoms. The smallest absolute Gasteiger partial charge is 0.257 e. The molecule has 3 aromatic rings. The molecule has 1 amide bonds. The third-order valence-corrected chi connectivity index (χ3v) is 7.14. The fraction of sp³-hybridized carbons (Fsp3) is 0.348. The third kappa shape index (κ3) is 5.33. The number of nitrogens with zero attached hydrogens (tertiary/aromatic N) is 4. The summed E-state index contributed by atoms with van der Waals surface area (Å²) in [7, 11) is -3.45. The lowest BCUT2D eigenvalue weighted by Crippen LogP contribution is -2.48. The first-order valence-corrected chi connectivity index (χ1v) is 13.3. The largest absolute Gasteiger partial charge is 0.490 e. The zero-order valence-electron chi connectivity index (χ0n) is 18.8. The molecule has 1 aliphatic rings. The zero-order chi connectivity index (χ0) is 23.6. The molecule has 1 aliphatic heterocycles. The third-order valence-electron chi connectivity index (χ3n) is 5.26. The van der Waals surface area contributed by atoms with Gasteiger partial charge in [-0.3, -0.25) is 4.79 Å². The number of piperazine rings is 1. The van der Waals surface area contributed by atoms with Crippen molar-refractivity contribution < 1.29 is 17.9 Å². The minimum absolute atomic E-state index is 0.0999. The van der Waals surface area contributed by atoms with E-state index in [1.807, 2.05) is 44.2 Å². The number of ether oxygens (including phenoxy) is 1. The van der Waals surface area contributed by atoms with E-state index in [0.717, 1.165) is 17.0 Å². The van der Waals surface area contributed by atoms with E-state index in [4.69, 9.17) is 4.74 Å². The Kier molecular flexibility index (Phi) is 6.66. The Bertz CT molecular complexity index is 1230. The first-order valence-electron chi connectivity index (χ1n) is 10.7. The molecule has 1 fully saturated rings. The van der Waals surface area contributed by atoms with Gasteiger partial charge in [0.25, 0.3) is 5.91 Å². The van der Waals surface area contributed by atoms with Gasteiger partial charge in [0.15, 0.2) is 15.7 Å². The second-order valence-corrected chi connectivity index (χ2v) is 10.9. The number of hydrogen-bond acceptors (Lipinski definition) is 8. The summed E-state index contributed by atoms with van der Waals surface area (Å²) in [6.45, 7) is 5.93. The van der Waals surface area contributed by atoms with E-state index < -0.39 is 9.84 Å². The molecule has 33 heavy (non-hydrogen) atoms. The lowest BCUT2D eigenvalue weighted by molar-refractivity contribution is 0.0740. The maximum atomic E-state index is 13.3. The molecule has 2 heterocycles. The fourth-order valence-electron chi connectivity index (χ4n) is 3.58. The number of rotatable bonds is 6. The predicted octanol–water partition coefficient (Wildman–Crippen LogP) is 3.36. The molecule has 0 unspecified atom stereocenters. The molecule has 1 saturated heterocycles. The predicted molar refractivity (Wildman–Crippen MR) is 129 cm³/mol. The molecule has 0 radical (unpaired) electrons. The summed E-state index contributed by atoms with van der Waals surface area (Å²) in [6, 6.07) is 14.3. The number of hydrogen-bond donors (Lipinski definition) is 0. The Balaban J connectivity index is 1.49. The summed E-state index contributed by atoms with van der Waals surface area (Å²) in [4.78, 5) is 21.9. The van der Waals surface area contributed by atoms with Crippen LogP contribution in [0.1, 0.15) is 24.2 Å². The van der Waals surface area contributed by atoms with E-state index in [9.17, 15) is 13.2 Å². The number of carbonyl (C=O) groups is 1. The maximum absolute atomic E-state index is 13.3. The quantitative estimate of drug-likeness (QED) is 0.527. The van der Waals surface area contributed by atoms with Gasteiger partial charge in [0.1, 0.15) is 5.75 Å². The van der Waals surface area contributed by atoms with Gasteiger partial charge < -0.3 is 14.5 Å². The van der Waals surface area contributed by atoms with Gasteiger partial charge in [-0.05, 0) is 32.0 Å². The van der Waals surface area contributed by atoms with E-state index in [1.165, 1.54) is 23.7 Å². The van der Waals surface area contributed by atoms with Crippen molar-refractivity contribution in [3.63, 3.8) is 0 Å². The van der Waals surface area contributed by atoms with Gasteiger partial charge in [-0.15, -0.1) is 0 Å². The highest BCUT2D eigenvalue weighted by Crippen LogP contribution is 2.28.